The first-order chi connectivity index (χ1) is 15.1. The smallest absolute Gasteiger partial charge is 0.255 e. The molecule has 8 nitrogen and oxygen atoms in total. The Bertz CT molecular complexity index is 1060. The first kappa shape index (κ1) is 21.1. The number of hydrogen-bond acceptors (Lipinski definition) is 7. The van der Waals surface area contributed by atoms with Crippen LogP contribution in [0, 0.1) is 13.8 Å². The highest BCUT2D eigenvalue weighted by Crippen LogP contribution is 2.31. The molecule has 1 amide bonds. The highest BCUT2D eigenvalue weighted by Gasteiger charge is 2.25. The van der Waals surface area contributed by atoms with E-state index in [1.807, 2.05) is 0 Å². The number of amides is 1. The lowest BCUT2D eigenvalue weighted by Crippen LogP contribution is -2.37. The number of nitrogens with one attached hydrogen (secondary N) is 1. The number of furan rings is 1. The Kier molecular flexibility index (Phi) is 6.36. The number of likely N-dealkylation sites (N-methyl/N-ethyl adjacent to an activating group) is 1. The Labute approximate surface area is 182 Å². The Hall–Kier alpha value is -3.13. The van der Waals surface area contributed by atoms with Crippen molar-refractivity contribution in [3.8, 4) is 0 Å². The largest absolute Gasteiger partial charge is 0.442 e. The van der Waals surface area contributed by atoms with Gasteiger partial charge in [-0.05, 0) is 38.5 Å². The van der Waals surface area contributed by atoms with Gasteiger partial charge >= 0.3 is 0 Å². The number of aromatic nitrogens is 2. The zero-order valence-electron chi connectivity index (χ0n) is 18.4. The third kappa shape index (κ3) is 4.49. The highest BCUT2D eigenvalue weighted by molar-refractivity contribution is 6.10. The number of ether oxygens (including phenoxy) is 1. The van der Waals surface area contributed by atoms with Gasteiger partial charge < -0.3 is 24.3 Å². The van der Waals surface area contributed by atoms with Crippen molar-refractivity contribution in [3.05, 3.63) is 47.5 Å². The molecule has 1 aliphatic rings. The number of carbonyl (C=O) groups is 1. The molecule has 0 unspecified atom stereocenters. The summed E-state index contributed by atoms with van der Waals surface area (Å²) in [5, 5.41) is 3.73. The number of fused-ring (bicyclic) bond motifs is 1. The van der Waals surface area contributed by atoms with Crippen LogP contribution in [0.2, 0.25) is 0 Å². The van der Waals surface area contributed by atoms with Crippen LogP contribution in [0.3, 0.4) is 0 Å². The SMILES string of the molecule is CCN(CCNC(=O)c1c(C)oc2ncnc(N3CCOCC3)c12)c1cccc(C)c1. The molecule has 3 heterocycles. The van der Waals surface area contributed by atoms with Crippen LogP contribution in [0.15, 0.2) is 35.0 Å². The van der Waals surface area contributed by atoms with Gasteiger partial charge in [0.05, 0.1) is 24.2 Å². The van der Waals surface area contributed by atoms with Crippen LogP contribution in [-0.4, -0.2) is 61.8 Å². The summed E-state index contributed by atoms with van der Waals surface area (Å²) in [5.41, 5.74) is 3.32. The second-order valence-corrected chi connectivity index (χ2v) is 7.68. The number of morpholine rings is 1. The van der Waals surface area contributed by atoms with Crippen LogP contribution in [0.1, 0.15) is 28.6 Å². The molecule has 4 rings (SSSR count). The second kappa shape index (κ2) is 9.34. The standard InChI is InChI=1S/C23H29N5O3/c1-4-27(18-7-5-6-16(2)14-18)9-8-24-22(29)19-17(3)31-23-20(19)21(25-15-26-23)28-10-12-30-13-11-28/h5-7,14-15H,4,8-13H2,1-3H3,(H,24,29). The van der Waals surface area contributed by atoms with Gasteiger partial charge in [-0.15, -0.1) is 0 Å². The minimum Gasteiger partial charge on any atom is -0.442 e. The van der Waals surface area contributed by atoms with Crippen LogP contribution in [0.4, 0.5) is 11.5 Å². The zero-order chi connectivity index (χ0) is 21.8. The van der Waals surface area contributed by atoms with Crippen LogP contribution in [-0.2, 0) is 4.74 Å². The monoisotopic (exact) mass is 423 g/mol. The summed E-state index contributed by atoms with van der Waals surface area (Å²) in [4.78, 5) is 26.2. The lowest BCUT2D eigenvalue weighted by atomic mass is 10.1. The predicted octanol–water partition coefficient (Wildman–Crippen LogP) is 2.93. The number of benzene rings is 1. The third-order valence-corrected chi connectivity index (χ3v) is 5.60. The van der Waals surface area contributed by atoms with Gasteiger partial charge in [-0.3, -0.25) is 4.79 Å². The predicted molar refractivity (Wildman–Crippen MR) is 121 cm³/mol. The van der Waals surface area contributed by atoms with E-state index in [0.29, 0.717) is 48.7 Å². The Morgan fingerprint density at radius 1 is 1.23 bits per heavy atom. The minimum absolute atomic E-state index is 0.166. The number of hydrogen-bond donors (Lipinski definition) is 1. The molecule has 1 aliphatic heterocycles. The molecular weight excluding hydrogens is 394 g/mol. The summed E-state index contributed by atoms with van der Waals surface area (Å²) in [6.45, 7) is 10.8. The van der Waals surface area contributed by atoms with E-state index in [1.165, 1.54) is 11.9 Å². The maximum Gasteiger partial charge on any atom is 0.255 e. The molecular formula is C23H29N5O3. The summed E-state index contributed by atoms with van der Waals surface area (Å²) in [5.74, 6) is 1.11. The second-order valence-electron chi connectivity index (χ2n) is 7.68. The molecule has 1 saturated heterocycles. The zero-order valence-corrected chi connectivity index (χ0v) is 18.4. The van der Waals surface area contributed by atoms with Crippen LogP contribution in [0.5, 0.6) is 0 Å². The summed E-state index contributed by atoms with van der Waals surface area (Å²) in [6.07, 6.45) is 1.48. The molecule has 0 saturated carbocycles. The topological polar surface area (TPSA) is 83.7 Å². The van der Waals surface area contributed by atoms with E-state index in [2.05, 4.69) is 63.2 Å². The normalized spacial score (nSPS) is 14.1. The van der Waals surface area contributed by atoms with Crippen LogP contribution < -0.4 is 15.1 Å². The number of rotatable bonds is 7. The number of nitrogens with zero attached hydrogens (tertiary/aromatic N) is 4. The molecule has 0 aliphatic carbocycles. The molecule has 0 spiro atoms. The van der Waals surface area contributed by atoms with E-state index in [4.69, 9.17) is 9.15 Å². The number of carbonyl (C=O) groups excluding carboxylic acids is 1. The van der Waals surface area contributed by atoms with Gasteiger partial charge in [0.15, 0.2) is 0 Å². The average Bonchev–Trinajstić information content (AvgIpc) is 3.13. The Morgan fingerprint density at radius 2 is 2.03 bits per heavy atom. The van der Waals surface area contributed by atoms with E-state index in [1.54, 1.807) is 6.92 Å². The van der Waals surface area contributed by atoms with Gasteiger partial charge in [0.25, 0.3) is 5.91 Å². The molecule has 31 heavy (non-hydrogen) atoms. The van der Waals surface area contributed by atoms with Crippen molar-refractivity contribution in [2.24, 2.45) is 0 Å². The fraction of sp³-hybridized carbons (Fsp3) is 0.435. The lowest BCUT2D eigenvalue weighted by molar-refractivity contribution is 0.0954. The molecule has 1 fully saturated rings. The van der Waals surface area contributed by atoms with Crippen molar-refractivity contribution < 1.29 is 13.9 Å². The van der Waals surface area contributed by atoms with Gasteiger partial charge in [-0.1, -0.05) is 12.1 Å². The maximum atomic E-state index is 13.1. The molecule has 1 N–H and O–H groups in total. The lowest BCUT2D eigenvalue weighted by Gasteiger charge is -2.28. The maximum absolute atomic E-state index is 13.1. The molecule has 1 aromatic carbocycles. The van der Waals surface area contributed by atoms with E-state index >= 15 is 0 Å². The molecule has 0 radical (unpaired) electrons. The van der Waals surface area contributed by atoms with Crippen molar-refractivity contribution in [3.63, 3.8) is 0 Å². The van der Waals surface area contributed by atoms with Crippen molar-refractivity contribution >= 4 is 28.5 Å². The van der Waals surface area contributed by atoms with E-state index in [0.717, 1.165) is 31.1 Å². The summed E-state index contributed by atoms with van der Waals surface area (Å²) in [6, 6.07) is 8.39. The van der Waals surface area contributed by atoms with E-state index < -0.39 is 0 Å². The molecule has 3 aromatic rings. The van der Waals surface area contributed by atoms with Crippen LogP contribution in [0.25, 0.3) is 11.1 Å². The van der Waals surface area contributed by atoms with E-state index in [-0.39, 0.29) is 5.91 Å². The highest BCUT2D eigenvalue weighted by atomic mass is 16.5. The van der Waals surface area contributed by atoms with Crippen molar-refractivity contribution in [2.45, 2.75) is 20.8 Å². The fourth-order valence-corrected chi connectivity index (χ4v) is 4.00. The minimum atomic E-state index is -0.166. The van der Waals surface area contributed by atoms with Gasteiger partial charge in [-0.2, -0.15) is 0 Å². The summed E-state index contributed by atoms with van der Waals surface area (Å²) < 4.78 is 11.3. The molecule has 8 heteroatoms. The van der Waals surface area contributed by atoms with Crippen LogP contribution >= 0.6 is 0 Å². The molecule has 164 valence electrons. The van der Waals surface area contributed by atoms with Gasteiger partial charge in [0.2, 0.25) is 5.71 Å². The van der Waals surface area contributed by atoms with Crippen molar-refractivity contribution in [2.75, 3.05) is 55.7 Å². The molecule has 2 aromatic heterocycles. The van der Waals surface area contributed by atoms with Crippen molar-refractivity contribution in [1.29, 1.82) is 0 Å². The first-order valence-electron chi connectivity index (χ1n) is 10.7. The average molecular weight is 424 g/mol. The fourth-order valence-electron chi connectivity index (χ4n) is 4.00. The summed E-state index contributed by atoms with van der Waals surface area (Å²) in [7, 11) is 0. The Balaban J connectivity index is 1.51. The van der Waals surface area contributed by atoms with Gasteiger partial charge in [0, 0.05) is 38.4 Å². The third-order valence-electron chi connectivity index (χ3n) is 5.60. The van der Waals surface area contributed by atoms with Gasteiger partial charge in [0.1, 0.15) is 17.9 Å². The molecule has 0 atom stereocenters. The quantitative estimate of drug-likeness (QED) is 0.625. The summed E-state index contributed by atoms with van der Waals surface area (Å²) >= 11 is 0. The number of aryl methyl sites for hydroxylation is 2. The van der Waals surface area contributed by atoms with E-state index in [9.17, 15) is 4.79 Å². The Morgan fingerprint density at radius 3 is 2.77 bits per heavy atom. The number of anilines is 2. The first-order valence-corrected chi connectivity index (χ1v) is 10.7. The molecule has 0 bridgehead atoms. The van der Waals surface area contributed by atoms with Gasteiger partial charge in [-0.25, -0.2) is 9.97 Å². The van der Waals surface area contributed by atoms with Crippen molar-refractivity contribution in [1.82, 2.24) is 15.3 Å².